The molecular weight excluding hydrogens is 473 g/mol. The zero-order valence-corrected chi connectivity index (χ0v) is 17.8. The van der Waals surface area contributed by atoms with E-state index < -0.39 is 22.5 Å². The number of anilines is 2. The lowest BCUT2D eigenvalue weighted by Crippen LogP contribution is -2.15. The summed E-state index contributed by atoms with van der Waals surface area (Å²) in [6.07, 6.45) is 0. The van der Waals surface area contributed by atoms with Gasteiger partial charge in [-0.3, -0.25) is 9.52 Å². The second-order valence-electron chi connectivity index (χ2n) is 6.09. The normalized spacial score (nSPS) is 11.3. The highest BCUT2D eigenvalue weighted by Gasteiger charge is 2.19. The zero-order valence-electron chi connectivity index (χ0n) is 15.5. The summed E-state index contributed by atoms with van der Waals surface area (Å²) in [5, 5.41) is 2.67. The monoisotopic (exact) mass is 486 g/mol. The number of alkyl halides is 2. The second kappa shape index (κ2) is 9.51. The molecule has 0 aliphatic carbocycles. The fourth-order valence-corrected chi connectivity index (χ4v) is 4.37. The van der Waals surface area contributed by atoms with E-state index in [1.165, 1.54) is 60.7 Å². The van der Waals surface area contributed by atoms with Crippen molar-refractivity contribution in [3.8, 4) is 5.75 Å². The molecule has 0 radical (unpaired) electrons. The van der Waals surface area contributed by atoms with Crippen LogP contribution in [0.5, 0.6) is 5.75 Å². The number of sulfonamides is 1. The van der Waals surface area contributed by atoms with E-state index in [1.807, 2.05) is 0 Å². The highest BCUT2D eigenvalue weighted by molar-refractivity contribution is 7.92. The first-order valence-corrected chi connectivity index (χ1v) is 10.8. The van der Waals surface area contributed by atoms with Gasteiger partial charge in [0.1, 0.15) is 10.6 Å². The van der Waals surface area contributed by atoms with E-state index in [0.29, 0.717) is 0 Å². The Balaban J connectivity index is 1.75. The summed E-state index contributed by atoms with van der Waals surface area (Å²) < 4.78 is 56.8. The van der Waals surface area contributed by atoms with Crippen LogP contribution in [0.2, 0.25) is 10.0 Å². The predicted molar refractivity (Wildman–Crippen MR) is 115 cm³/mol. The van der Waals surface area contributed by atoms with Gasteiger partial charge in [0, 0.05) is 16.3 Å². The van der Waals surface area contributed by atoms with Gasteiger partial charge in [-0.2, -0.15) is 8.78 Å². The molecule has 0 bridgehead atoms. The third-order valence-electron chi connectivity index (χ3n) is 3.93. The van der Waals surface area contributed by atoms with Crippen LogP contribution in [0.3, 0.4) is 0 Å². The van der Waals surface area contributed by atoms with Crippen molar-refractivity contribution >= 4 is 50.5 Å². The maximum Gasteiger partial charge on any atom is 0.387 e. The number of carbonyl (C=O) groups is 1. The molecule has 3 rings (SSSR count). The van der Waals surface area contributed by atoms with Gasteiger partial charge in [0.2, 0.25) is 0 Å². The second-order valence-corrected chi connectivity index (χ2v) is 8.58. The van der Waals surface area contributed by atoms with Crippen molar-refractivity contribution in [1.82, 2.24) is 0 Å². The Labute approximate surface area is 186 Å². The lowest BCUT2D eigenvalue weighted by molar-refractivity contribution is -0.0493. The van der Waals surface area contributed by atoms with Crippen molar-refractivity contribution in [1.29, 1.82) is 0 Å². The molecule has 0 unspecified atom stereocenters. The Morgan fingerprint density at radius 1 is 0.968 bits per heavy atom. The highest BCUT2D eigenvalue weighted by Crippen LogP contribution is 2.28. The van der Waals surface area contributed by atoms with Crippen molar-refractivity contribution in [2.75, 3.05) is 10.0 Å². The molecule has 0 aromatic heterocycles. The molecule has 0 saturated heterocycles. The van der Waals surface area contributed by atoms with E-state index in [1.54, 1.807) is 6.07 Å². The van der Waals surface area contributed by atoms with Crippen molar-refractivity contribution in [3.63, 3.8) is 0 Å². The molecule has 11 heteroatoms. The molecule has 6 nitrogen and oxygen atoms in total. The number of hydrogen-bond donors (Lipinski definition) is 2. The minimum absolute atomic E-state index is 0.00224. The summed E-state index contributed by atoms with van der Waals surface area (Å²) in [4.78, 5) is 12.2. The standard InChI is InChI=1S/C20H14Cl2F2N2O4S/c21-13-7-10-15(22)18(11-13)31(28,29)26-14-8-5-12(6-9-14)19(27)25-16-3-1-2-4-17(16)30-20(23)24/h1-11,20,26H,(H,25,27). The van der Waals surface area contributed by atoms with Crippen LogP contribution in [-0.4, -0.2) is 20.9 Å². The molecule has 1 amide bonds. The third kappa shape index (κ3) is 5.84. The molecule has 3 aromatic rings. The largest absolute Gasteiger partial charge is 0.433 e. The first-order valence-electron chi connectivity index (χ1n) is 8.59. The fraction of sp³-hybridized carbons (Fsp3) is 0.0500. The first kappa shape index (κ1) is 22.8. The van der Waals surface area contributed by atoms with Crippen LogP contribution < -0.4 is 14.8 Å². The van der Waals surface area contributed by atoms with Gasteiger partial charge in [0.05, 0.1) is 10.7 Å². The maximum atomic E-state index is 12.6. The van der Waals surface area contributed by atoms with Crippen molar-refractivity contribution in [2.45, 2.75) is 11.5 Å². The summed E-state index contributed by atoms with van der Waals surface area (Å²) in [5.41, 5.74) is 0.401. The van der Waals surface area contributed by atoms with Gasteiger partial charge < -0.3 is 10.1 Å². The molecule has 162 valence electrons. The van der Waals surface area contributed by atoms with Gasteiger partial charge in [-0.1, -0.05) is 35.3 Å². The van der Waals surface area contributed by atoms with Gasteiger partial charge in [0.15, 0.2) is 0 Å². The third-order valence-corrected chi connectivity index (χ3v) is 6.03. The van der Waals surface area contributed by atoms with Gasteiger partial charge in [-0.25, -0.2) is 8.42 Å². The molecule has 0 fully saturated rings. The average Bonchev–Trinajstić information content (AvgIpc) is 2.71. The fourth-order valence-electron chi connectivity index (χ4n) is 2.55. The SMILES string of the molecule is O=C(Nc1ccccc1OC(F)F)c1ccc(NS(=O)(=O)c2cc(Cl)ccc2Cl)cc1. The Morgan fingerprint density at radius 2 is 1.65 bits per heavy atom. The molecule has 0 atom stereocenters. The highest BCUT2D eigenvalue weighted by atomic mass is 35.5. The van der Waals surface area contributed by atoms with Crippen molar-refractivity contribution < 1.29 is 26.7 Å². The van der Waals surface area contributed by atoms with Crippen LogP contribution in [-0.2, 0) is 10.0 Å². The summed E-state index contributed by atoms with van der Waals surface area (Å²) >= 11 is 11.8. The Kier molecular flexibility index (Phi) is 6.99. The van der Waals surface area contributed by atoms with Crippen LogP contribution in [0.25, 0.3) is 0 Å². The minimum Gasteiger partial charge on any atom is -0.433 e. The first-order chi connectivity index (χ1) is 14.7. The quantitative estimate of drug-likeness (QED) is 0.451. The van der Waals surface area contributed by atoms with Gasteiger partial charge in [-0.15, -0.1) is 0 Å². The number of carbonyl (C=O) groups excluding carboxylic acids is 1. The number of ether oxygens (including phenoxy) is 1. The maximum absolute atomic E-state index is 12.6. The number of nitrogens with one attached hydrogen (secondary N) is 2. The van der Waals surface area contributed by atoms with Crippen LogP contribution in [0.1, 0.15) is 10.4 Å². The summed E-state index contributed by atoms with van der Waals surface area (Å²) in [6.45, 7) is -3.04. The summed E-state index contributed by atoms with van der Waals surface area (Å²) in [7, 11) is -4.02. The molecule has 0 aliphatic rings. The Hall–Kier alpha value is -2.88. The molecule has 0 heterocycles. The number of benzene rings is 3. The van der Waals surface area contributed by atoms with Crippen LogP contribution in [0, 0.1) is 0 Å². The van der Waals surface area contributed by atoms with E-state index in [0.717, 1.165) is 0 Å². The van der Waals surface area contributed by atoms with E-state index in [9.17, 15) is 22.0 Å². The molecular formula is C20H14Cl2F2N2O4S. The summed E-state index contributed by atoms with van der Waals surface area (Å²) in [5.74, 6) is -0.786. The number of amides is 1. The molecule has 0 saturated carbocycles. The molecule has 31 heavy (non-hydrogen) atoms. The van der Waals surface area contributed by atoms with Crippen molar-refractivity contribution in [3.05, 3.63) is 82.3 Å². The smallest absolute Gasteiger partial charge is 0.387 e. The molecule has 0 spiro atoms. The zero-order chi connectivity index (χ0) is 22.6. The number of para-hydroxylation sites is 2. The van der Waals surface area contributed by atoms with Crippen LogP contribution in [0.4, 0.5) is 20.2 Å². The summed E-state index contributed by atoms with van der Waals surface area (Å²) in [6, 6.07) is 15.2. The average molecular weight is 487 g/mol. The van der Waals surface area contributed by atoms with Crippen LogP contribution >= 0.6 is 23.2 Å². The van der Waals surface area contributed by atoms with Crippen molar-refractivity contribution in [2.24, 2.45) is 0 Å². The van der Waals surface area contributed by atoms with E-state index >= 15 is 0 Å². The molecule has 2 N–H and O–H groups in total. The Bertz CT molecular complexity index is 1210. The minimum atomic E-state index is -4.02. The molecule has 0 aliphatic heterocycles. The number of hydrogen-bond acceptors (Lipinski definition) is 4. The lowest BCUT2D eigenvalue weighted by Gasteiger charge is -2.12. The van der Waals surface area contributed by atoms with E-state index in [4.69, 9.17) is 23.2 Å². The predicted octanol–water partition coefficient (Wildman–Crippen LogP) is 5.65. The number of rotatable bonds is 7. The lowest BCUT2D eigenvalue weighted by atomic mass is 10.2. The van der Waals surface area contributed by atoms with Gasteiger partial charge >= 0.3 is 6.61 Å². The van der Waals surface area contributed by atoms with Gasteiger partial charge in [0.25, 0.3) is 15.9 Å². The van der Waals surface area contributed by atoms with E-state index in [-0.39, 0.29) is 37.6 Å². The number of halogens is 4. The molecule has 3 aromatic carbocycles. The van der Waals surface area contributed by atoms with E-state index in [2.05, 4.69) is 14.8 Å². The van der Waals surface area contributed by atoms with Gasteiger partial charge in [-0.05, 0) is 54.6 Å². The Morgan fingerprint density at radius 3 is 2.32 bits per heavy atom. The topological polar surface area (TPSA) is 84.5 Å². The van der Waals surface area contributed by atoms with Crippen LogP contribution in [0.15, 0.2) is 71.6 Å².